The zero-order valence-electron chi connectivity index (χ0n) is 11.5. The molecule has 0 radical (unpaired) electrons. The van der Waals surface area contributed by atoms with E-state index in [4.69, 9.17) is 0 Å². The van der Waals surface area contributed by atoms with Gasteiger partial charge in [0, 0.05) is 11.4 Å². The van der Waals surface area contributed by atoms with E-state index in [1.807, 2.05) is 0 Å². The molecule has 0 aliphatic heterocycles. The average molecular weight is 290 g/mol. The lowest BCUT2D eigenvalue weighted by atomic mass is 10.3. The topological polar surface area (TPSA) is 66.9 Å². The summed E-state index contributed by atoms with van der Waals surface area (Å²) in [6.07, 6.45) is 5.02. The summed E-state index contributed by atoms with van der Waals surface area (Å²) < 4.78 is 0. The second-order valence-electron chi connectivity index (χ2n) is 5.11. The van der Waals surface area contributed by atoms with E-state index >= 15 is 0 Å². The van der Waals surface area contributed by atoms with Gasteiger partial charge in [-0.25, -0.2) is 9.97 Å². The maximum atomic E-state index is 11.7. The van der Waals surface area contributed by atoms with Gasteiger partial charge in [0.25, 0.3) is 0 Å². The minimum Gasteiger partial charge on any atom is -0.360 e. The van der Waals surface area contributed by atoms with Gasteiger partial charge in [-0.2, -0.15) is 0 Å². The smallest absolute Gasteiger partial charge is 0.239 e. The van der Waals surface area contributed by atoms with Crippen molar-refractivity contribution in [2.45, 2.75) is 26.2 Å². The molecular weight excluding hydrogens is 272 g/mol. The van der Waals surface area contributed by atoms with Crippen LogP contribution in [-0.4, -0.2) is 29.0 Å². The van der Waals surface area contributed by atoms with Gasteiger partial charge < -0.3 is 10.6 Å². The van der Waals surface area contributed by atoms with Crippen molar-refractivity contribution in [3.63, 3.8) is 0 Å². The van der Waals surface area contributed by atoms with Crippen LogP contribution in [0.3, 0.4) is 0 Å². The molecule has 2 heterocycles. The molecule has 1 saturated carbocycles. The highest BCUT2D eigenvalue weighted by Crippen LogP contribution is 2.28. The normalized spacial score (nSPS) is 14.4. The third-order valence-electron chi connectivity index (χ3n) is 3.43. The minimum absolute atomic E-state index is 0.0228. The number of hydrogen-bond acceptors (Lipinski definition) is 5. The molecule has 0 unspecified atom stereocenters. The molecule has 0 atom stereocenters. The Morgan fingerprint density at radius 3 is 3.05 bits per heavy atom. The Balaban J connectivity index is 1.63. The van der Waals surface area contributed by atoms with Crippen molar-refractivity contribution in [3.8, 4) is 0 Å². The second-order valence-corrected chi connectivity index (χ2v) is 6.22. The predicted octanol–water partition coefficient (Wildman–Crippen LogP) is 2.19. The number of carbonyl (C=O) groups is 1. The van der Waals surface area contributed by atoms with Crippen LogP contribution in [0.5, 0.6) is 0 Å². The Hall–Kier alpha value is -1.69. The molecule has 1 aliphatic carbocycles. The fourth-order valence-electron chi connectivity index (χ4n) is 2.03. The molecule has 6 heteroatoms. The predicted molar refractivity (Wildman–Crippen MR) is 81.0 cm³/mol. The number of rotatable bonds is 6. The van der Waals surface area contributed by atoms with Gasteiger partial charge in [-0.05, 0) is 31.2 Å². The van der Waals surface area contributed by atoms with Crippen molar-refractivity contribution in [2.24, 2.45) is 5.92 Å². The van der Waals surface area contributed by atoms with Gasteiger partial charge >= 0.3 is 0 Å². The molecule has 0 saturated heterocycles. The number of nitrogens with zero attached hydrogens (tertiary/aromatic N) is 2. The largest absolute Gasteiger partial charge is 0.360 e. The summed E-state index contributed by atoms with van der Waals surface area (Å²) in [6, 6.07) is 2.10. The van der Waals surface area contributed by atoms with Gasteiger partial charge in [-0.1, -0.05) is 6.92 Å². The molecule has 106 valence electrons. The molecule has 2 N–H and O–H groups in total. The zero-order valence-corrected chi connectivity index (χ0v) is 12.3. The van der Waals surface area contributed by atoms with Gasteiger partial charge in [0.15, 0.2) is 0 Å². The number of anilines is 1. The Morgan fingerprint density at radius 2 is 2.30 bits per heavy atom. The number of hydrogen-bond donors (Lipinski definition) is 2. The standard InChI is InChI=1S/C14H18N4OS/c1-2-10-5-11-13(17-8-18-14(11)20-10)16-7-12(19)15-6-9-3-4-9/h5,8-9H,2-4,6-7H2,1H3,(H,15,19)(H,16,17,18). The van der Waals surface area contributed by atoms with E-state index in [1.54, 1.807) is 17.7 Å². The molecular formula is C14H18N4OS. The molecule has 0 spiro atoms. The molecule has 2 aromatic rings. The monoisotopic (exact) mass is 290 g/mol. The first-order valence-corrected chi connectivity index (χ1v) is 7.82. The van der Waals surface area contributed by atoms with Gasteiger partial charge in [-0.15, -0.1) is 11.3 Å². The van der Waals surface area contributed by atoms with Crippen LogP contribution in [0.1, 0.15) is 24.6 Å². The first-order valence-electron chi connectivity index (χ1n) is 7.00. The number of nitrogens with one attached hydrogen (secondary N) is 2. The van der Waals surface area contributed by atoms with E-state index in [0.717, 1.165) is 29.0 Å². The molecule has 2 aromatic heterocycles. The van der Waals surface area contributed by atoms with Gasteiger partial charge in [0.1, 0.15) is 17.0 Å². The van der Waals surface area contributed by atoms with E-state index in [1.165, 1.54) is 17.7 Å². The first kappa shape index (κ1) is 13.3. The van der Waals surface area contributed by atoms with E-state index in [9.17, 15) is 4.79 Å². The Morgan fingerprint density at radius 1 is 1.45 bits per heavy atom. The molecule has 1 aliphatic rings. The van der Waals surface area contributed by atoms with Crippen LogP contribution in [-0.2, 0) is 11.2 Å². The molecule has 0 aromatic carbocycles. The van der Waals surface area contributed by atoms with Crippen molar-refractivity contribution in [3.05, 3.63) is 17.3 Å². The summed E-state index contributed by atoms with van der Waals surface area (Å²) in [4.78, 5) is 22.5. The van der Waals surface area contributed by atoms with Crippen LogP contribution < -0.4 is 10.6 Å². The second kappa shape index (κ2) is 5.75. The highest BCUT2D eigenvalue weighted by atomic mass is 32.1. The van der Waals surface area contributed by atoms with Crippen LogP contribution in [0, 0.1) is 5.92 Å². The highest BCUT2D eigenvalue weighted by Gasteiger charge is 2.21. The van der Waals surface area contributed by atoms with Gasteiger partial charge in [0.05, 0.1) is 11.9 Å². The molecule has 1 fully saturated rings. The number of amides is 1. The van der Waals surface area contributed by atoms with Crippen LogP contribution >= 0.6 is 11.3 Å². The van der Waals surface area contributed by atoms with Crippen LogP contribution in [0.2, 0.25) is 0 Å². The Kier molecular flexibility index (Phi) is 3.82. The lowest BCUT2D eigenvalue weighted by Gasteiger charge is -2.07. The number of thiophene rings is 1. The third-order valence-corrected chi connectivity index (χ3v) is 4.62. The number of aryl methyl sites for hydroxylation is 1. The third kappa shape index (κ3) is 3.07. The van der Waals surface area contributed by atoms with Crippen molar-refractivity contribution in [1.82, 2.24) is 15.3 Å². The molecule has 5 nitrogen and oxygen atoms in total. The van der Waals surface area contributed by atoms with Crippen molar-refractivity contribution in [1.29, 1.82) is 0 Å². The quantitative estimate of drug-likeness (QED) is 0.856. The zero-order chi connectivity index (χ0) is 13.9. The summed E-state index contributed by atoms with van der Waals surface area (Å²) in [6.45, 7) is 3.19. The summed E-state index contributed by atoms with van der Waals surface area (Å²) in [5.41, 5.74) is 0. The molecule has 0 bridgehead atoms. The first-order chi connectivity index (χ1) is 9.76. The van der Waals surface area contributed by atoms with Crippen LogP contribution in [0.4, 0.5) is 5.82 Å². The van der Waals surface area contributed by atoms with Gasteiger partial charge in [-0.3, -0.25) is 4.79 Å². The van der Waals surface area contributed by atoms with Crippen molar-refractivity contribution < 1.29 is 4.79 Å². The summed E-state index contributed by atoms with van der Waals surface area (Å²) in [5.74, 6) is 1.47. The number of carbonyl (C=O) groups excluding carboxylic acids is 1. The Labute approximate surface area is 121 Å². The maximum absolute atomic E-state index is 11.7. The fourth-order valence-corrected chi connectivity index (χ4v) is 2.96. The minimum atomic E-state index is 0.0228. The van der Waals surface area contributed by atoms with E-state index in [-0.39, 0.29) is 12.5 Å². The lowest BCUT2D eigenvalue weighted by Crippen LogP contribution is -2.31. The van der Waals surface area contributed by atoms with Crippen LogP contribution in [0.15, 0.2) is 12.4 Å². The summed E-state index contributed by atoms with van der Waals surface area (Å²) >= 11 is 1.68. The average Bonchev–Trinajstić information content (AvgIpc) is 3.19. The summed E-state index contributed by atoms with van der Waals surface area (Å²) in [5, 5.41) is 7.05. The number of fused-ring (bicyclic) bond motifs is 1. The highest BCUT2D eigenvalue weighted by molar-refractivity contribution is 7.18. The van der Waals surface area contributed by atoms with Crippen molar-refractivity contribution in [2.75, 3.05) is 18.4 Å². The van der Waals surface area contributed by atoms with Crippen LogP contribution in [0.25, 0.3) is 10.2 Å². The van der Waals surface area contributed by atoms with Crippen molar-refractivity contribution >= 4 is 33.3 Å². The molecule has 20 heavy (non-hydrogen) atoms. The summed E-state index contributed by atoms with van der Waals surface area (Å²) in [7, 11) is 0. The fraction of sp³-hybridized carbons (Fsp3) is 0.500. The van der Waals surface area contributed by atoms with E-state index in [0.29, 0.717) is 5.92 Å². The molecule has 3 rings (SSSR count). The maximum Gasteiger partial charge on any atom is 0.239 e. The SMILES string of the molecule is CCc1cc2c(NCC(=O)NCC3CC3)ncnc2s1. The lowest BCUT2D eigenvalue weighted by molar-refractivity contribution is -0.119. The number of aromatic nitrogens is 2. The molecule has 1 amide bonds. The van der Waals surface area contributed by atoms with E-state index in [2.05, 4.69) is 33.6 Å². The van der Waals surface area contributed by atoms with E-state index < -0.39 is 0 Å². The Bertz CT molecular complexity index is 621. The van der Waals surface area contributed by atoms with Gasteiger partial charge in [0.2, 0.25) is 5.91 Å².